The molecule has 0 fully saturated rings. The van der Waals surface area contributed by atoms with E-state index in [0.29, 0.717) is 27.7 Å². The van der Waals surface area contributed by atoms with Crippen LogP contribution in [-0.4, -0.2) is 24.9 Å². The zero-order valence-electron chi connectivity index (χ0n) is 11.6. The number of hydrogen-bond donors (Lipinski definition) is 2. The third kappa shape index (κ3) is 3.49. The lowest BCUT2D eigenvalue weighted by Gasteiger charge is -2.08. The van der Waals surface area contributed by atoms with E-state index in [1.165, 1.54) is 22.3 Å². The second kappa shape index (κ2) is 6.09. The first-order chi connectivity index (χ1) is 9.88. The van der Waals surface area contributed by atoms with Gasteiger partial charge in [0.2, 0.25) is 0 Å². The highest BCUT2D eigenvalue weighted by Gasteiger charge is 2.16. The molecule has 0 radical (unpaired) electrons. The summed E-state index contributed by atoms with van der Waals surface area (Å²) in [6, 6.07) is 5.36. The van der Waals surface area contributed by atoms with Crippen molar-refractivity contribution in [3.05, 3.63) is 46.3 Å². The number of benzene rings is 1. The van der Waals surface area contributed by atoms with Gasteiger partial charge in [-0.05, 0) is 23.8 Å². The summed E-state index contributed by atoms with van der Waals surface area (Å²) >= 11 is 1.23. The van der Waals surface area contributed by atoms with Crippen LogP contribution in [0.25, 0.3) is 0 Å². The predicted molar refractivity (Wildman–Crippen MR) is 80.4 cm³/mol. The fourth-order valence-electron chi connectivity index (χ4n) is 1.70. The first-order valence-corrected chi connectivity index (χ1v) is 6.99. The monoisotopic (exact) mass is 311 g/mol. The van der Waals surface area contributed by atoms with Crippen LogP contribution in [0.15, 0.2) is 24.3 Å². The van der Waals surface area contributed by atoms with Crippen LogP contribution in [-0.2, 0) is 6.54 Å². The summed E-state index contributed by atoms with van der Waals surface area (Å²) in [5.74, 6) is -1.93. The van der Waals surface area contributed by atoms with Gasteiger partial charge in [0.1, 0.15) is 4.88 Å². The molecule has 1 heterocycles. The molecule has 0 saturated carbocycles. The SMILES string of the molecule is CN(C)C(=O)c1sc(NCc2ccc(F)c(F)c2)cc1N. The lowest BCUT2D eigenvalue weighted by molar-refractivity contribution is 0.0833. The van der Waals surface area contributed by atoms with E-state index >= 15 is 0 Å². The summed E-state index contributed by atoms with van der Waals surface area (Å²) in [6.45, 7) is 0.312. The number of hydrogen-bond acceptors (Lipinski definition) is 4. The maximum atomic E-state index is 13.1. The van der Waals surface area contributed by atoms with Crippen molar-refractivity contribution in [3.8, 4) is 0 Å². The predicted octanol–water partition coefficient (Wildman–Crippen LogP) is 2.92. The molecule has 112 valence electrons. The topological polar surface area (TPSA) is 58.4 Å². The molecule has 21 heavy (non-hydrogen) atoms. The Labute approximate surface area is 125 Å². The summed E-state index contributed by atoms with van der Waals surface area (Å²) in [5.41, 5.74) is 6.80. The molecule has 1 aromatic heterocycles. The number of carbonyl (C=O) groups is 1. The number of nitrogens with zero attached hydrogens (tertiary/aromatic N) is 1. The van der Waals surface area contributed by atoms with Gasteiger partial charge in [0.05, 0.1) is 10.7 Å². The van der Waals surface area contributed by atoms with Crippen LogP contribution in [0.5, 0.6) is 0 Å². The van der Waals surface area contributed by atoms with Crippen LogP contribution in [0.2, 0.25) is 0 Å². The molecule has 0 spiro atoms. The zero-order valence-corrected chi connectivity index (χ0v) is 12.4. The summed E-state index contributed by atoms with van der Waals surface area (Å²) in [4.78, 5) is 13.8. The van der Waals surface area contributed by atoms with Crippen LogP contribution in [0, 0.1) is 11.6 Å². The average Bonchev–Trinajstić information content (AvgIpc) is 2.80. The summed E-state index contributed by atoms with van der Waals surface area (Å²) in [7, 11) is 3.30. The van der Waals surface area contributed by atoms with Crippen LogP contribution in [0.4, 0.5) is 19.5 Å². The number of nitrogen functional groups attached to an aromatic ring is 1. The van der Waals surface area contributed by atoms with Crippen LogP contribution >= 0.6 is 11.3 Å². The van der Waals surface area contributed by atoms with E-state index in [1.54, 1.807) is 20.2 Å². The smallest absolute Gasteiger partial charge is 0.265 e. The van der Waals surface area contributed by atoms with E-state index in [4.69, 9.17) is 5.73 Å². The molecule has 1 aromatic carbocycles. The Hall–Kier alpha value is -2.15. The van der Waals surface area contributed by atoms with Crippen LogP contribution < -0.4 is 11.1 Å². The van der Waals surface area contributed by atoms with E-state index in [9.17, 15) is 13.6 Å². The quantitative estimate of drug-likeness (QED) is 0.913. The molecule has 0 aliphatic heterocycles. The Balaban J connectivity index is 2.08. The van der Waals surface area contributed by atoms with Crippen molar-refractivity contribution < 1.29 is 13.6 Å². The van der Waals surface area contributed by atoms with E-state index in [2.05, 4.69) is 5.32 Å². The van der Waals surface area contributed by atoms with Gasteiger partial charge in [-0.25, -0.2) is 8.78 Å². The Morgan fingerprint density at radius 2 is 2.00 bits per heavy atom. The normalized spacial score (nSPS) is 10.5. The number of carbonyl (C=O) groups excluding carboxylic acids is 1. The minimum Gasteiger partial charge on any atom is -0.397 e. The van der Waals surface area contributed by atoms with Crippen molar-refractivity contribution in [1.82, 2.24) is 4.90 Å². The molecule has 0 atom stereocenters. The summed E-state index contributed by atoms with van der Waals surface area (Å²) < 4.78 is 25.9. The standard InChI is InChI=1S/C14H15F2N3OS/c1-19(2)14(20)13-11(17)6-12(21-13)18-7-8-3-4-9(15)10(16)5-8/h3-6,18H,7,17H2,1-2H3. The molecule has 4 nitrogen and oxygen atoms in total. The van der Waals surface area contributed by atoms with Gasteiger partial charge >= 0.3 is 0 Å². The third-order valence-corrected chi connectivity index (χ3v) is 3.91. The average molecular weight is 311 g/mol. The Kier molecular flexibility index (Phi) is 4.42. The third-order valence-electron chi connectivity index (χ3n) is 2.81. The van der Waals surface area contributed by atoms with Crippen LogP contribution in [0.3, 0.4) is 0 Å². The molecular formula is C14H15F2N3OS. The minimum absolute atomic E-state index is 0.168. The highest BCUT2D eigenvalue weighted by molar-refractivity contribution is 7.18. The molecule has 0 bridgehead atoms. The van der Waals surface area contributed by atoms with Crippen molar-refractivity contribution >= 4 is 27.9 Å². The van der Waals surface area contributed by atoms with Crippen molar-refractivity contribution in [3.63, 3.8) is 0 Å². The number of anilines is 2. The Morgan fingerprint density at radius 1 is 1.29 bits per heavy atom. The van der Waals surface area contributed by atoms with Crippen LogP contribution in [0.1, 0.15) is 15.2 Å². The molecule has 0 unspecified atom stereocenters. The van der Waals surface area contributed by atoms with E-state index in [1.807, 2.05) is 0 Å². The first kappa shape index (κ1) is 15.2. The van der Waals surface area contributed by atoms with Crippen molar-refractivity contribution in [2.45, 2.75) is 6.54 Å². The lowest BCUT2D eigenvalue weighted by atomic mass is 10.2. The van der Waals surface area contributed by atoms with E-state index in [0.717, 1.165) is 12.1 Å². The highest BCUT2D eigenvalue weighted by atomic mass is 32.1. The van der Waals surface area contributed by atoms with Gasteiger partial charge in [-0.1, -0.05) is 6.07 Å². The second-order valence-electron chi connectivity index (χ2n) is 4.70. The van der Waals surface area contributed by atoms with Crippen molar-refractivity contribution in [2.24, 2.45) is 0 Å². The molecule has 0 aliphatic rings. The van der Waals surface area contributed by atoms with Gasteiger partial charge in [-0.2, -0.15) is 0 Å². The molecule has 2 aromatic rings. The fraction of sp³-hybridized carbons (Fsp3) is 0.214. The molecule has 0 saturated heterocycles. The molecule has 3 N–H and O–H groups in total. The second-order valence-corrected chi connectivity index (χ2v) is 5.75. The van der Waals surface area contributed by atoms with Gasteiger partial charge in [-0.3, -0.25) is 4.79 Å². The van der Waals surface area contributed by atoms with Gasteiger partial charge in [-0.15, -0.1) is 11.3 Å². The van der Waals surface area contributed by atoms with Gasteiger partial charge in [0, 0.05) is 20.6 Å². The zero-order chi connectivity index (χ0) is 15.6. The van der Waals surface area contributed by atoms with Gasteiger partial charge < -0.3 is 16.0 Å². The molecule has 1 amide bonds. The molecule has 7 heteroatoms. The van der Waals surface area contributed by atoms with E-state index < -0.39 is 11.6 Å². The maximum Gasteiger partial charge on any atom is 0.265 e. The number of nitrogens with one attached hydrogen (secondary N) is 1. The molecule has 2 rings (SSSR count). The van der Waals surface area contributed by atoms with E-state index in [-0.39, 0.29) is 5.91 Å². The number of thiophene rings is 1. The highest BCUT2D eigenvalue weighted by Crippen LogP contribution is 2.30. The number of nitrogens with two attached hydrogens (primary N) is 1. The number of amides is 1. The fourth-order valence-corrected chi connectivity index (χ4v) is 2.70. The number of halogens is 2. The molecular weight excluding hydrogens is 296 g/mol. The Bertz CT molecular complexity index is 670. The van der Waals surface area contributed by atoms with Gasteiger partial charge in [0.25, 0.3) is 5.91 Å². The Morgan fingerprint density at radius 3 is 2.62 bits per heavy atom. The number of rotatable bonds is 4. The minimum atomic E-state index is -0.886. The van der Waals surface area contributed by atoms with Crippen molar-refractivity contribution in [1.29, 1.82) is 0 Å². The van der Waals surface area contributed by atoms with Gasteiger partial charge in [0.15, 0.2) is 11.6 Å². The lowest BCUT2D eigenvalue weighted by Crippen LogP contribution is -2.21. The summed E-state index contributed by atoms with van der Waals surface area (Å²) in [5, 5.41) is 3.74. The largest absolute Gasteiger partial charge is 0.397 e. The maximum absolute atomic E-state index is 13.1. The summed E-state index contributed by atoms with van der Waals surface area (Å²) in [6.07, 6.45) is 0. The first-order valence-electron chi connectivity index (χ1n) is 6.17. The van der Waals surface area contributed by atoms with Crippen molar-refractivity contribution in [2.75, 3.05) is 25.1 Å². The molecule has 0 aliphatic carbocycles.